The number of pyridine rings is 1. The molecule has 0 unspecified atom stereocenters. The van der Waals surface area contributed by atoms with Crippen molar-refractivity contribution in [3.63, 3.8) is 0 Å². The molecular weight excluding hydrogens is 732 g/mol. The van der Waals surface area contributed by atoms with E-state index in [1.54, 1.807) is 37.4 Å². The maximum atomic E-state index is 14.4. The molecule has 12 nitrogen and oxygen atoms in total. The molecule has 0 spiro atoms. The number of fused-ring (bicyclic) bond motifs is 1. The lowest BCUT2D eigenvalue weighted by Crippen LogP contribution is -2.52. The molecule has 0 radical (unpaired) electrons. The van der Waals surface area contributed by atoms with Crippen LogP contribution in [0.2, 0.25) is 10.0 Å². The highest BCUT2D eigenvalue weighted by atomic mass is 35.5. The van der Waals surface area contributed by atoms with Gasteiger partial charge in [-0.15, -0.1) is 0 Å². The first-order chi connectivity index (χ1) is 25.7. The van der Waals surface area contributed by atoms with E-state index in [1.165, 1.54) is 27.8 Å². The zero-order chi connectivity index (χ0) is 38.3. The molecule has 2 fully saturated rings. The molecule has 8 rings (SSSR count). The number of amides is 3. The second kappa shape index (κ2) is 12.5. The third-order valence-corrected chi connectivity index (χ3v) is 11.4. The quantitative estimate of drug-likeness (QED) is 0.167. The Hall–Kier alpha value is -5.58. The van der Waals surface area contributed by atoms with Crippen molar-refractivity contribution in [1.82, 2.24) is 34.9 Å². The standard InChI is InChI=1S/C39H34Cl2FN9O3/c1-21-31(22(2)49(4)48-21)25-9-10-30(44-19-25)38(11-12-38)47-34(53)39(13-14-39)46-33(52)29-20-45-36-50(26-15-27(40)32(42)28(41)16-26)35(54)37(3,51(29)36)17-23-5-7-24(18-43)8-6-23/h5-10,15-16,19-20H,11-14,17H2,1-4H3,(H,46,52)(H,47,53)/t37-/m1/s1. The van der Waals surface area contributed by atoms with E-state index in [1.807, 2.05) is 37.7 Å². The van der Waals surface area contributed by atoms with Crippen molar-refractivity contribution in [2.24, 2.45) is 7.05 Å². The number of carbonyl (C=O) groups is 3. The zero-order valence-electron chi connectivity index (χ0n) is 29.8. The Balaban J connectivity index is 1.07. The monoisotopic (exact) mass is 765 g/mol. The van der Waals surface area contributed by atoms with Crippen LogP contribution in [0.15, 0.2) is 60.9 Å². The number of benzene rings is 2. The van der Waals surface area contributed by atoms with Gasteiger partial charge in [0.2, 0.25) is 11.9 Å². The fourth-order valence-electron chi connectivity index (χ4n) is 7.47. The molecule has 1 aliphatic heterocycles. The van der Waals surface area contributed by atoms with Crippen molar-refractivity contribution in [1.29, 1.82) is 5.26 Å². The topological polar surface area (TPSA) is 151 Å². The van der Waals surface area contributed by atoms with E-state index in [2.05, 4.69) is 26.8 Å². The normalized spacial score (nSPS) is 18.9. The van der Waals surface area contributed by atoms with Crippen molar-refractivity contribution in [2.75, 3.05) is 4.90 Å². The third-order valence-electron chi connectivity index (χ3n) is 10.9. The largest absolute Gasteiger partial charge is 0.343 e. The molecule has 0 saturated heterocycles. The van der Waals surface area contributed by atoms with Crippen LogP contribution < -0.4 is 15.5 Å². The van der Waals surface area contributed by atoms with Gasteiger partial charge in [0.1, 0.15) is 16.8 Å². The number of hydrogen-bond donors (Lipinski definition) is 2. The van der Waals surface area contributed by atoms with Crippen LogP contribution in [0.1, 0.15) is 71.3 Å². The molecule has 2 saturated carbocycles. The Bertz CT molecular complexity index is 2420. The average molecular weight is 767 g/mol. The molecule has 5 aromatic rings. The van der Waals surface area contributed by atoms with Gasteiger partial charge in [0, 0.05) is 36.5 Å². The molecule has 15 heteroatoms. The number of aryl methyl sites for hydroxylation is 2. The molecule has 3 amide bonds. The van der Waals surface area contributed by atoms with Crippen molar-refractivity contribution in [2.45, 2.75) is 69.5 Å². The first kappa shape index (κ1) is 35.4. The number of rotatable bonds is 9. The summed E-state index contributed by atoms with van der Waals surface area (Å²) < 4.78 is 17.8. The maximum Gasteiger partial charge on any atom is 0.270 e. The lowest BCUT2D eigenvalue weighted by Gasteiger charge is -2.27. The van der Waals surface area contributed by atoms with Crippen LogP contribution in [-0.4, -0.2) is 47.6 Å². The lowest BCUT2D eigenvalue weighted by molar-refractivity contribution is -0.125. The Morgan fingerprint density at radius 2 is 1.67 bits per heavy atom. The molecule has 2 N–H and O–H groups in total. The van der Waals surface area contributed by atoms with Gasteiger partial charge in [-0.25, -0.2) is 14.3 Å². The van der Waals surface area contributed by atoms with Gasteiger partial charge in [0.05, 0.1) is 50.5 Å². The van der Waals surface area contributed by atoms with Crippen molar-refractivity contribution < 1.29 is 18.8 Å². The Kier molecular flexibility index (Phi) is 8.20. The van der Waals surface area contributed by atoms with Crippen LogP contribution in [0.25, 0.3) is 11.1 Å². The van der Waals surface area contributed by atoms with E-state index in [-0.39, 0.29) is 39.7 Å². The summed E-state index contributed by atoms with van der Waals surface area (Å²) in [5.41, 5.74) is 2.81. The molecule has 2 aliphatic carbocycles. The summed E-state index contributed by atoms with van der Waals surface area (Å²) in [4.78, 5) is 53.1. The van der Waals surface area contributed by atoms with Crippen LogP contribution in [0.4, 0.5) is 16.0 Å². The highest BCUT2D eigenvalue weighted by Crippen LogP contribution is 2.48. The van der Waals surface area contributed by atoms with Crippen LogP contribution in [0.3, 0.4) is 0 Å². The van der Waals surface area contributed by atoms with Crippen molar-refractivity contribution >= 4 is 52.6 Å². The minimum absolute atomic E-state index is 0.0507. The van der Waals surface area contributed by atoms with E-state index in [0.29, 0.717) is 36.8 Å². The van der Waals surface area contributed by atoms with Gasteiger partial charge >= 0.3 is 0 Å². The fourth-order valence-corrected chi connectivity index (χ4v) is 7.94. The number of hydrogen-bond acceptors (Lipinski definition) is 7. The number of anilines is 2. The van der Waals surface area contributed by atoms with E-state index in [9.17, 15) is 24.0 Å². The molecule has 2 aromatic carbocycles. The van der Waals surface area contributed by atoms with Gasteiger partial charge < -0.3 is 10.6 Å². The Morgan fingerprint density at radius 3 is 2.22 bits per heavy atom. The summed E-state index contributed by atoms with van der Waals surface area (Å²) in [6.07, 6.45) is 5.53. The van der Waals surface area contributed by atoms with E-state index in [4.69, 9.17) is 28.2 Å². The second-order valence-electron chi connectivity index (χ2n) is 14.6. The SMILES string of the molecule is Cc1nn(C)c(C)c1-c1ccc(C2(NC(=O)C3(NC(=O)c4cnc5n4[C@](C)(Cc4ccc(C#N)cc4)C(=O)N5c4cc(Cl)c(F)c(Cl)c4)CC3)CC2)nc1. The van der Waals surface area contributed by atoms with E-state index >= 15 is 0 Å². The highest BCUT2D eigenvalue weighted by Gasteiger charge is 2.57. The number of halogens is 3. The third kappa shape index (κ3) is 5.63. The first-order valence-electron chi connectivity index (χ1n) is 17.4. The summed E-state index contributed by atoms with van der Waals surface area (Å²) in [5.74, 6) is -2.11. The molecular formula is C39H34Cl2FN9O3. The second-order valence-corrected chi connectivity index (χ2v) is 15.4. The zero-order valence-corrected chi connectivity index (χ0v) is 31.3. The van der Waals surface area contributed by atoms with Gasteiger partial charge in [0.25, 0.3) is 11.8 Å². The average Bonchev–Trinajstić information content (AvgIpc) is 4.03. The molecule has 3 aliphatic rings. The smallest absolute Gasteiger partial charge is 0.270 e. The number of imidazole rings is 1. The minimum atomic E-state index is -1.41. The Morgan fingerprint density at radius 1 is 0.981 bits per heavy atom. The predicted molar refractivity (Wildman–Crippen MR) is 199 cm³/mol. The first-order valence-corrected chi connectivity index (χ1v) is 18.1. The van der Waals surface area contributed by atoms with Crippen LogP contribution in [0, 0.1) is 31.0 Å². The Labute approximate surface area is 319 Å². The summed E-state index contributed by atoms with van der Waals surface area (Å²) in [5, 5.41) is 19.4. The number of nitrogens with zero attached hydrogens (tertiary/aromatic N) is 7. The number of nitriles is 1. The predicted octanol–water partition coefficient (Wildman–Crippen LogP) is 6.32. The molecule has 4 heterocycles. The van der Waals surface area contributed by atoms with Crippen LogP contribution in [0.5, 0.6) is 0 Å². The fraction of sp³-hybridized carbons (Fsp3) is 0.308. The number of nitrogens with one attached hydrogen (secondary N) is 2. The summed E-state index contributed by atoms with van der Waals surface area (Å²) in [7, 11) is 1.90. The molecule has 3 aromatic heterocycles. The number of carbonyl (C=O) groups excluding carboxylic acids is 3. The van der Waals surface area contributed by atoms with Crippen molar-refractivity contribution in [3.8, 4) is 17.2 Å². The lowest BCUT2D eigenvalue weighted by atomic mass is 9.91. The van der Waals surface area contributed by atoms with Crippen LogP contribution in [-0.2, 0) is 34.1 Å². The summed E-state index contributed by atoms with van der Waals surface area (Å²) >= 11 is 12.3. The molecule has 54 heavy (non-hydrogen) atoms. The highest BCUT2D eigenvalue weighted by molar-refractivity contribution is 6.35. The molecule has 0 bridgehead atoms. The van der Waals surface area contributed by atoms with Crippen molar-refractivity contribution in [3.05, 3.63) is 111 Å². The van der Waals surface area contributed by atoms with Gasteiger partial charge in [-0.2, -0.15) is 10.4 Å². The molecule has 1 atom stereocenters. The maximum absolute atomic E-state index is 14.4. The molecule has 274 valence electrons. The van der Waals surface area contributed by atoms with E-state index in [0.717, 1.165) is 28.2 Å². The van der Waals surface area contributed by atoms with E-state index < -0.39 is 34.2 Å². The summed E-state index contributed by atoms with van der Waals surface area (Å²) in [6.45, 7) is 5.64. The van der Waals surface area contributed by atoms with Crippen LogP contribution >= 0.6 is 23.2 Å². The van der Waals surface area contributed by atoms with Gasteiger partial charge in [-0.3, -0.25) is 28.6 Å². The number of aromatic nitrogens is 5. The van der Waals surface area contributed by atoms with Gasteiger partial charge in [0.15, 0.2) is 5.82 Å². The minimum Gasteiger partial charge on any atom is -0.343 e. The van der Waals surface area contributed by atoms with Gasteiger partial charge in [-0.1, -0.05) is 41.4 Å². The summed E-state index contributed by atoms with van der Waals surface area (Å²) in [6, 6.07) is 15.3. The van der Waals surface area contributed by atoms with Gasteiger partial charge in [-0.05, 0) is 82.3 Å².